The van der Waals surface area contributed by atoms with Gasteiger partial charge in [-0.05, 0) is 57.1 Å². The molecule has 1 amide bonds. The molecule has 7 rings (SSSR count). The highest BCUT2D eigenvalue weighted by molar-refractivity contribution is 7.15. The molecule has 0 bridgehead atoms. The van der Waals surface area contributed by atoms with Gasteiger partial charge in [0.1, 0.15) is 16.4 Å². The van der Waals surface area contributed by atoms with Gasteiger partial charge in [0.25, 0.3) is 0 Å². The number of rotatable bonds is 4. The van der Waals surface area contributed by atoms with Crippen LogP contribution in [-0.4, -0.2) is 43.6 Å². The van der Waals surface area contributed by atoms with E-state index in [-0.39, 0.29) is 24.0 Å². The van der Waals surface area contributed by atoms with Crippen LogP contribution in [0.15, 0.2) is 29.3 Å². The maximum absolute atomic E-state index is 13.5. The number of aromatic nitrogens is 3. The van der Waals surface area contributed by atoms with Crippen molar-refractivity contribution < 1.29 is 9.90 Å². The van der Waals surface area contributed by atoms with E-state index in [2.05, 4.69) is 20.1 Å². The van der Waals surface area contributed by atoms with Crippen molar-refractivity contribution in [2.45, 2.75) is 75.8 Å². The number of amides is 1. The van der Waals surface area contributed by atoms with Gasteiger partial charge in [0.15, 0.2) is 5.82 Å². The average molecular weight is 536 g/mol. The van der Waals surface area contributed by atoms with E-state index in [1.165, 1.54) is 16.9 Å². The molecular formula is C28H30ClN5O2S. The SMILES string of the molecule is Cc1nnc2n1-c1sc3c(c1C(c1ccccc1Cl)=NC21CC1)C[C@H](C(=O)NC1(CO)CCCCC1)C3. The van der Waals surface area contributed by atoms with Crippen molar-refractivity contribution in [3.63, 3.8) is 0 Å². The summed E-state index contributed by atoms with van der Waals surface area (Å²) in [4.78, 5) is 20.1. The minimum absolute atomic E-state index is 0.00370. The summed E-state index contributed by atoms with van der Waals surface area (Å²) in [7, 11) is 0. The lowest BCUT2D eigenvalue weighted by Crippen LogP contribution is -2.54. The molecule has 7 nitrogen and oxygen atoms in total. The van der Waals surface area contributed by atoms with Gasteiger partial charge >= 0.3 is 0 Å². The molecule has 0 radical (unpaired) electrons. The van der Waals surface area contributed by atoms with Crippen LogP contribution in [0.1, 0.15) is 78.2 Å². The molecule has 1 spiro atoms. The second kappa shape index (κ2) is 8.48. The van der Waals surface area contributed by atoms with E-state index >= 15 is 0 Å². The maximum atomic E-state index is 13.5. The zero-order chi connectivity index (χ0) is 25.4. The normalized spacial score (nSPS) is 22.6. The number of benzene rings is 1. The van der Waals surface area contributed by atoms with Gasteiger partial charge in [0.2, 0.25) is 5.91 Å². The first-order chi connectivity index (χ1) is 17.9. The molecule has 4 aliphatic rings. The second-order valence-corrected chi connectivity index (χ2v) is 12.6. The summed E-state index contributed by atoms with van der Waals surface area (Å²) in [6, 6.07) is 7.89. The molecule has 1 aromatic carbocycles. The van der Waals surface area contributed by atoms with Crippen molar-refractivity contribution >= 4 is 34.6 Å². The van der Waals surface area contributed by atoms with Gasteiger partial charge in [-0.1, -0.05) is 49.1 Å². The van der Waals surface area contributed by atoms with Crippen molar-refractivity contribution in [3.05, 3.63) is 62.5 Å². The number of nitrogens with one attached hydrogen (secondary N) is 1. The third kappa shape index (κ3) is 3.63. The Balaban J connectivity index is 1.31. The number of aliphatic hydroxyl groups excluding tert-OH is 1. The summed E-state index contributed by atoms with van der Waals surface area (Å²) in [5.74, 6) is 1.67. The highest BCUT2D eigenvalue weighted by Crippen LogP contribution is 2.54. The van der Waals surface area contributed by atoms with Crippen molar-refractivity contribution in [1.29, 1.82) is 0 Å². The van der Waals surface area contributed by atoms with Gasteiger partial charge in [0, 0.05) is 26.9 Å². The van der Waals surface area contributed by atoms with Crippen LogP contribution in [0.5, 0.6) is 0 Å². The number of hydrogen-bond donors (Lipinski definition) is 2. The standard InChI is InChI=1S/C28H30ClN5O2S/c1-16-32-33-26-28(11-12-28)30-23(18-7-3-4-8-20(18)29)22-19-13-17(14-21(19)37-25(22)34(16)26)24(36)31-27(15-35)9-5-2-6-10-27/h3-4,7-8,17,35H,2,5-6,9-15H2,1H3,(H,31,36)/t17-/m0/s1. The van der Waals surface area contributed by atoms with E-state index in [1.807, 2.05) is 31.2 Å². The number of hydrogen-bond acceptors (Lipinski definition) is 6. The largest absolute Gasteiger partial charge is 0.394 e. The molecule has 37 heavy (non-hydrogen) atoms. The average Bonchev–Trinajstić information content (AvgIpc) is 3.24. The molecule has 1 atom stereocenters. The third-order valence-corrected chi connectivity index (χ3v) is 10.3. The fraction of sp³-hybridized carbons (Fsp3) is 0.500. The third-order valence-electron chi connectivity index (χ3n) is 8.69. The number of carbonyl (C=O) groups excluding carboxylic acids is 1. The number of carbonyl (C=O) groups is 1. The molecule has 1 aliphatic heterocycles. The Labute approximate surface area is 225 Å². The highest BCUT2D eigenvalue weighted by atomic mass is 35.5. The smallest absolute Gasteiger partial charge is 0.224 e. The second-order valence-electron chi connectivity index (χ2n) is 11.2. The zero-order valence-electron chi connectivity index (χ0n) is 20.9. The number of aliphatic imine (C=N–C) groups is 1. The molecule has 0 unspecified atom stereocenters. The van der Waals surface area contributed by atoms with Crippen molar-refractivity contribution in [2.24, 2.45) is 10.9 Å². The molecule has 0 saturated heterocycles. The van der Waals surface area contributed by atoms with Crippen LogP contribution >= 0.6 is 22.9 Å². The van der Waals surface area contributed by atoms with Gasteiger partial charge in [-0.3, -0.25) is 14.4 Å². The van der Waals surface area contributed by atoms with Crippen molar-refractivity contribution in [2.75, 3.05) is 6.61 Å². The molecule has 2 saturated carbocycles. The van der Waals surface area contributed by atoms with Gasteiger partial charge in [-0.2, -0.15) is 0 Å². The fourth-order valence-corrected chi connectivity index (χ4v) is 8.13. The first-order valence-corrected chi connectivity index (χ1v) is 14.5. The van der Waals surface area contributed by atoms with Crippen molar-refractivity contribution in [1.82, 2.24) is 20.1 Å². The quantitative estimate of drug-likeness (QED) is 0.508. The van der Waals surface area contributed by atoms with Gasteiger partial charge in [0.05, 0.1) is 17.9 Å². The summed E-state index contributed by atoms with van der Waals surface area (Å²) in [6.45, 7) is 2.00. The van der Waals surface area contributed by atoms with Crippen LogP contribution in [0.25, 0.3) is 5.00 Å². The lowest BCUT2D eigenvalue weighted by Gasteiger charge is -2.37. The molecule has 2 fully saturated rings. The van der Waals surface area contributed by atoms with Gasteiger partial charge in [-0.15, -0.1) is 21.5 Å². The number of aryl methyl sites for hydroxylation is 1. The molecule has 3 heterocycles. The summed E-state index contributed by atoms with van der Waals surface area (Å²) in [5.41, 5.74) is 3.25. The van der Waals surface area contributed by atoms with Crippen LogP contribution in [0.2, 0.25) is 5.02 Å². The Morgan fingerprint density at radius 3 is 2.68 bits per heavy atom. The van der Waals surface area contributed by atoms with E-state index in [0.717, 1.165) is 72.0 Å². The highest BCUT2D eigenvalue weighted by Gasteiger charge is 2.52. The van der Waals surface area contributed by atoms with Crippen LogP contribution in [0.3, 0.4) is 0 Å². The van der Waals surface area contributed by atoms with Gasteiger partial charge < -0.3 is 10.4 Å². The summed E-state index contributed by atoms with van der Waals surface area (Å²) < 4.78 is 2.19. The first-order valence-electron chi connectivity index (χ1n) is 13.3. The number of fused-ring (bicyclic) bond motifs is 6. The Morgan fingerprint density at radius 1 is 1.16 bits per heavy atom. The van der Waals surface area contributed by atoms with E-state index in [4.69, 9.17) is 16.6 Å². The molecular weight excluding hydrogens is 506 g/mol. The minimum Gasteiger partial charge on any atom is -0.394 e. The van der Waals surface area contributed by atoms with Crippen LogP contribution in [0.4, 0.5) is 0 Å². The number of aliphatic hydroxyl groups is 1. The Morgan fingerprint density at radius 2 is 1.95 bits per heavy atom. The van der Waals surface area contributed by atoms with Crippen LogP contribution in [0, 0.1) is 12.8 Å². The lowest BCUT2D eigenvalue weighted by atomic mass is 9.82. The molecule has 2 N–H and O–H groups in total. The summed E-state index contributed by atoms with van der Waals surface area (Å²) in [6.07, 6.45) is 8.17. The summed E-state index contributed by atoms with van der Waals surface area (Å²) >= 11 is 8.48. The van der Waals surface area contributed by atoms with E-state index < -0.39 is 5.54 Å². The molecule has 192 valence electrons. The Hall–Kier alpha value is -2.55. The maximum Gasteiger partial charge on any atom is 0.224 e. The number of thiophene rings is 1. The molecule has 2 aromatic heterocycles. The molecule has 9 heteroatoms. The zero-order valence-corrected chi connectivity index (χ0v) is 22.5. The summed E-state index contributed by atoms with van der Waals surface area (Å²) in [5, 5.41) is 24.2. The van der Waals surface area contributed by atoms with E-state index in [1.54, 1.807) is 11.3 Å². The molecule has 3 aromatic rings. The molecule has 3 aliphatic carbocycles. The van der Waals surface area contributed by atoms with Crippen molar-refractivity contribution in [3.8, 4) is 5.00 Å². The predicted molar refractivity (Wildman–Crippen MR) is 144 cm³/mol. The fourth-order valence-electron chi connectivity index (χ4n) is 6.45. The first kappa shape index (κ1) is 23.6. The van der Waals surface area contributed by atoms with Crippen LogP contribution < -0.4 is 5.32 Å². The topological polar surface area (TPSA) is 92.4 Å². The Kier molecular flexibility index (Phi) is 5.40. The minimum atomic E-state index is -0.473. The van der Waals surface area contributed by atoms with E-state index in [0.29, 0.717) is 17.9 Å². The van der Waals surface area contributed by atoms with Gasteiger partial charge in [-0.25, -0.2) is 0 Å². The van der Waals surface area contributed by atoms with E-state index in [9.17, 15) is 9.90 Å². The lowest BCUT2D eigenvalue weighted by molar-refractivity contribution is -0.127. The number of nitrogens with zero attached hydrogens (tertiary/aromatic N) is 4. The predicted octanol–water partition coefficient (Wildman–Crippen LogP) is 4.66. The Bertz CT molecular complexity index is 1450. The monoisotopic (exact) mass is 535 g/mol. The number of halogens is 1. The van der Waals surface area contributed by atoms with Crippen LogP contribution in [-0.2, 0) is 23.2 Å².